The maximum atomic E-state index is 11.3. The maximum absolute atomic E-state index is 11.3. The molecule has 0 spiro atoms. The van der Waals surface area contributed by atoms with Crippen LogP contribution in [0.4, 0.5) is 0 Å². The largest absolute Gasteiger partial charge is 0.545 e. The zero-order valence-electron chi connectivity index (χ0n) is 8.52. The van der Waals surface area contributed by atoms with Gasteiger partial charge in [0, 0.05) is 0 Å². The fourth-order valence-corrected chi connectivity index (χ4v) is 1.61. The summed E-state index contributed by atoms with van der Waals surface area (Å²) in [5.41, 5.74) is 0.917. The Hall–Kier alpha value is -2.21. The van der Waals surface area contributed by atoms with Crippen molar-refractivity contribution in [3.05, 3.63) is 41.1 Å². The fraction of sp³-hybridized carbons (Fsp3) is 0. The molecule has 1 amide bonds. The van der Waals surface area contributed by atoms with E-state index in [1.807, 2.05) is 0 Å². The summed E-state index contributed by atoms with van der Waals surface area (Å²) in [4.78, 5) is 22.0. The predicted octanol–water partition coefficient (Wildman–Crippen LogP) is -0.605. The number of hydrogen-bond acceptors (Lipinski definition) is 4. The highest BCUT2D eigenvalue weighted by Gasteiger charge is 2.19. The summed E-state index contributed by atoms with van der Waals surface area (Å²) >= 11 is 4.77. The standard InChI is InChI=1S/C11H8N2O3S/c14-9-8(12-11(17)13-9)5-6-2-1-3-7(4-6)10(15)16/h1-5H,(H,15,16)(H2,12,13,14,17)/p-1. The van der Waals surface area contributed by atoms with Crippen molar-refractivity contribution in [1.82, 2.24) is 10.6 Å². The van der Waals surface area contributed by atoms with Crippen molar-refractivity contribution in [1.29, 1.82) is 0 Å². The van der Waals surface area contributed by atoms with Gasteiger partial charge in [-0.05, 0) is 35.5 Å². The van der Waals surface area contributed by atoms with Crippen molar-refractivity contribution < 1.29 is 14.7 Å². The van der Waals surface area contributed by atoms with Gasteiger partial charge in [-0.25, -0.2) is 0 Å². The quantitative estimate of drug-likeness (QED) is 0.538. The zero-order chi connectivity index (χ0) is 12.4. The van der Waals surface area contributed by atoms with Gasteiger partial charge in [-0.1, -0.05) is 18.2 Å². The summed E-state index contributed by atoms with van der Waals surface area (Å²) in [7, 11) is 0. The molecule has 5 nitrogen and oxygen atoms in total. The van der Waals surface area contributed by atoms with E-state index in [0.29, 0.717) is 5.56 Å². The Morgan fingerprint density at radius 3 is 2.71 bits per heavy atom. The van der Waals surface area contributed by atoms with Crippen LogP contribution in [0, 0.1) is 0 Å². The number of aromatic carboxylic acids is 1. The second-order valence-corrected chi connectivity index (χ2v) is 3.79. The van der Waals surface area contributed by atoms with Gasteiger partial charge >= 0.3 is 0 Å². The minimum Gasteiger partial charge on any atom is -0.545 e. The minimum atomic E-state index is -1.26. The van der Waals surface area contributed by atoms with E-state index in [2.05, 4.69) is 10.6 Å². The van der Waals surface area contributed by atoms with Crippen LogP contribution in [0.1, 0.15) is 15.9 Å². The summed E-state index contributed by atoms with van der Waals surface area (Å²) in [5, 5.41) is 16.0. The SMILES string of the molecule is O=C1NC(=S)NC1=Cc1cccc(C(=O)[O-])c1. The minimum absolute atomic E-state index is 0.0559. The molecule has 86 valence electrons. The number of carbonyl (C=O) groups is 2. The lowest BCUT2D eigenvalue weighted by Gasteiger charge is -2.03. The van der Waals surface area contributed by atoms with E-state index in [1.54, 1.807) is 12.1 Å². The van der Waals surface area contributed by atoms with Crippen LogP contribution in [0.25, 0.3) is 6.08 Å². The molecule has 1 aromatic rings. The van der Waals surface area contributed by atoms with Crippen molar-refractivity contribution in [3.63, 3.8) is 0 Å². The lowest BCUT2D eigenvalue weighted by molar-refractivity contribution is -0.255. The molecule has 1 aromatic carbocycles. The highest BCUT2D eigenvalue weighted by molar-refractivity contribution is 7.80. The highest BCUT2D eigenvalue weighted by atomic mass is 32.1. The first kappa shape index (κ1) is 11.3. The van der Waals surface area contributed by atoms with Crippen LogP contribution in [0.15, 0.2) is 30.0 Å². The summed E-state index contributed by atoms with van der Waals surface area (Å²) in [5.74, 6) is -1.60. The molecule has 1 heterocycles. The number of benzene rings is 1. The van der Waals surface area contributed by atoms with Gasteiger partial charge in [-0.15, -0.1) is 0 Å². The Kier molecular flexibility index (Phi) is 2.88. The number of carbonyl (C=O) groups excluding carboxylic acids is 2. The van der Waals surface area contributed by atoms with Gasteiger partial charge in [0.1, 0.15) is 5.70 Å². The summed E-state index contributed by atoms with van der Waals surface area (Å²) in [6.07, 6.45) is 1.51. The normalized spacial score (nSPS) is 16.8. The molecule has 1 aliphatic heterocycles. The van der Waals surface area contributed by atoms with Crippen LogP contribution in [0.5, 0.6) is 0 Å². The van der Waals surface area contributed by atoms with Gasteiger partial charge in [0.2, 0.25) is 0 Å². The molecule has 0 aliphatic carbocycles. The van der Waals surface area contributed by atoms with Crippen LogP contribution in [-0.2, 0) is 4.79 Å². The van der Waals surface area contributed by atoms with E-state index >= 15 is 0 Å². The summed E-state index contributed by atoms with van der Waals surface area (Å²) < 4.78 is 0. The Morgan fingerprint density at radius 1 is 1.35 bits per heavy atom. The smallest absolute Gasteiger partial charge is 0.273 e. The van der Waals surface area contributed by atoms with Gasteiger partial charge in [0.15, 0.2) is 5.11 Å². The molecule has 1 saturated heterocycles. The molecule has 6 heteroatoms. The number of nitrogens with one attached hydrogen (secondary N) is 2. The van der Waals surface area contributed by atoms with E-state index in [9.17, 15) is 14.7 Å². The lowest BCUT2D eigenvalue weighted by Crippen LogP contribution is -2.22. The van der Waals surface area contributed by atoms with Crippen molar-refractivity contribution >= 4 is 35.3 Å². The van der Waals surface area contributed by atoms with Crippen molar-refractivity contribution in [2.45, 2.75) is 0 Å². The number of rotatable bonds is 2. The molecule has 1 aliphatic rings. The van der Waals surface area contributed by atoms with Gasteiger partial charge in [-0.3, -0.25) is 10.1 Å². The molecule has 1 fully saturated rings. The Labute approximate surface area is 102 Å². The Morgan fingerprint density at radius 2 is 2.12 bits per heavy atom. The van der Waals surface area contributed by atoms with Gasteiger partial charge in [0.25, 0.3) is 5.91 Å². The molecular formula is C11H7N2O3S-. The van der Waals surface area contributed by atoms with Crippen LogP contribution in [0.2, 0.25) is 0 Å². The maximum Gasteiger partial charge on any atom is 0.273 e. The lowest BCUT2D eigenvalue weighted by atomic mass is 10.1. The molecule has 0 bridgehead atoms. The first-order valence-corrected chi connectivity index (χ1v) is 5.12. The number of carboxylic acid groups (broad SMARTS) is 1. The zero-order valence-corrected chi connectivity index (χ0v) is 9.34. The summed E-state index contributed by atoms with van der Waals surface area (Å²) in [6.45, 7) is 0. The van der Waals surface area contributed by atoms with Crippen LogP contribution < -0.4 is 15.7 Å². The van der Waals surface area contributed by atoms with Crippen molar-refractivity contribution in [2.24, 2.45) is 0 Å². The van der Waals surface area contributed by atoms with Crippen molar-refractivity contribution in [3.8, 4) is 0 Å². The van der Waals surface area contributed by atoms with E-state index in [-0.39, 0.29) is 22.3 Å². The third kappa shape index (κ3) is 2.48. The molecule has 0 atom stereocenters. The Balaban J connectivity index is 2.33. The molecule has 2 N–H and O–H groups in total. The second kappa shape index (κ2) is 4.34. The van der Waals surface area contributed by atoms with E-state index < -0.39 is 5.97 Å². The number of amides is 1. The molecule has 0 radical (unpaired) electrons. The third-order valence-electron chi connectivity index (χ3n) is 2.15. The van der Waals surface area contributed by atoms with E-state index in [1.165, 1.54) is 18.2 Å². The molecular weight excluding hydrogens is 240 g/mol. The van der Waals surface area contributed by atoms with Crippen LogP contribution >= 0.6 is 12.2 Å². The third-order valence-corrected chi connectivity index (χ3v) is 2.36. The van der Waals surface area contributed by atoms with Gasteiger partial charge < -0.3 is 15.2 Å². The fourth-order valence-electron chi connectivity index (χ4n) is 1.40. The molecule has 0 aromatic heterocycles. The molecule has 2 rings (SSSR count). The van der Waals surface area contributed by atoms with Crippen molar-refractivity contribution in [2.75, 3.05) is 0 Å². The van der Waals surface area contributed by atoms with E-state index in [0.717, 1.165) is 0 Å². The predicted molar refractivity (Wildman–Crippen MR) is 62.6 cm³/mol. The van der Waals surface area contributed by atoms with Gasteiger partial charge in [-0.2, -0.15) is 0 Å². The average Bonchev–Trinajstić information content (AvgIpc) is 2.58. The van der Waals surface area contributed by atoms with Crippen LogP contribution in [0.3, 0.4) is 0 Å². The monoisotopic (exact) mass is 247 g/mol. The molecule has 0 unspecified atom stereocenters. The Bertz CT molecular complexity index is 551. The second-order valence-electron chi connectivity index (χ2n) is 3.38. The number of carboxylic acids is 1. The molecule has 17 heavy (non-hydrogen) atoms. The van der Waals surface area contributed by atoms with E-state index in [4.69, 9.17) is 12.2 Å². The highest BCUT2D eigenvalue weighted by Crippen LogP contribution is 2.10. The van der Waals surface area contributed by atoms with Gasteiger partial charge in [0.05, 0.1) is 5.97 Å². The number of hydrogen-bond donors (Lipinski definition) is 2. The first-order valence-electron chi connectivity index (χ1n) is 4.72. The summed E-state index contributed by atoms with van der Waals surface area (Å²) in [6, 6.07) is 6.08. The van der Waals surface area contributed by atoms with Crippen LogP contribution in [-0.4, -0.2) is 17.0 Å². The topological polar surface area (TPSA) is 81.3 Å². The first-order chi connectivity index (χ1) is 8.06. The molecule has 0 saturated carbocycles. The number of thiocarbonyl (C=S) groups is 1. The average molecular weight is 247 g/mol.